The van der Waals surface area contributed by atoms with Crippen molar-refractivity contribution in [2.45, 2.75) is 31.9 Å². The second kappa shape index (κ2) is 4.86. The van der Waals surface area contributed by atoms with E-state index in [0.29, 0.717) is 0 Å². The summed E-state index contributed by atoms with van der Waals surface area (Å²) in [6.07, 6.45) is 5.97. The third kappa shape index (κ3) is 2.03. The number of ether oxygens (including phenoxy) is 1. The van der Waals surface area contributed by atoms with Gasteiger partial charge >= 0.3 is 0 Å². The Hall–Kier alpha value is -1.31. The van der Waals surface area contributed by atoms with Crippen molar-refractivity contribution in [3.8, 4) is 0 Å². The van der Waals surface area contributed by atoms with Crippen molar-refractivity contribution in [2.24, 2.45) is 11.1 Å². The van der Waals surface area contributed by atoms with Crippen molar-refractivity contribution >= 4 is 28.4 Å². The third-order valence-electron chi connectivity index (χ3n) is 5.10. The van der Waals surface area contributed by atoms with Gasteiger partial charge in [-0.05, 0) is 19.8 Å². The molecule has 7 heteroatoms. The van der Waals surface area contributed by atoms with Crippen LogP contribution in [0.1, 0.15) is 19.8 Å². The third-order valence-corrected chi connectivity index (χ3v) is 5.64. The number of nitrogens with zero attached hydrogens (tertiary/aromatic N) is 4. The summed E-state index contributed by atoms with van der Waals surface area (Å²) in [5, 5.41) is 0. The van der Waals surface area contributed by atoms with Gasteiger partial charge in [0.05, 0.1) is 42.5 Å². The number of pyridine rings is 1. The van der Waals surface area contributed by atoms with E-state index in [1.54, 1.807) is 6.20 Å². The quantitative estimate of drug-likeness (QED) is 0.858. The second-order valence-electron chi connectivity index (χ2n) is 6.18. The summed E-state index contributed by atoms with van der Waals surface area (Å²) in [5.41, 5.74) is 9.46. The number of rotatable bonds is 1. The van der Waals surface area contributed by atoms with Crippen molar-refractivity contribution in [2.75, 3.05) is 24.6 Å². The Balaban J connectivity index is 1.57. The van der Waals surface area contributed by atoms with Crippen LogP contribution >= 0.6 is 11.7 Å². The van der Waals surface area contributed by atoms with Crippen LogP contribution in [0.5, 0.6) is 0 Å². The zero-order chi connectivity index (χ0) is 14.4. The molecule has 4 rings (SSSR count). The summed E-state index contributed by atoms with van der Waals surface area (Å²) >= 11 is 1.24. The number of hydrogen-bond donors (Lipinski definition) is 1. The summed E-state index contributed by atoms with van der Waals surface area (Å²) in [7, 11) is 0. The number of hydrogen-bond acceptors (Lipinski definition) is 7. The highest BCUT2D eigenvalue weighted by molar-refractivity contribution is 7.00. The lowest BCUT2D eigenvalue weighted by Gasteiger charge is -2.42. The number of nitrogens with two attached hydrogens (primary N) is 1. The van der Waals surface area contributed by atoms with Crippen LogP contribution in [-0.2, 0) is 4.74 Å². The van der Waals surface area contributed by atoms with Crippen molar-refractivity contribution in [1.82, 2.24) is 13.7 Å². The normalized spacial score (nSPS) is 28.6. The molecule has 0 radical (unpaired) electrons. The minimum absolute atomic E-state index is 0.148. The maximum atomic E-state index is 6.37. The highest BCUT2D eigenvalue weighted by Crippen LogP contribution is 2.42. The average molecular weight is 305 g/mol. The van der Waals surface area contributed by atoms with Crippen LogP contribution in [0.4, 0.5) is 5.69 Å². The van der Waals surface area contributed by atoms with E-state index in [2.05, 4.69) is 25.6 Å². The van der Waals surface area contributed by atoms with Crippen LogP contribution in [0.3, 0.4) is 0 Å². The molecular weight excluding hydrogens is 286 g/mol. The first-order valence-electron chi connectivity index (χ1n) is 7.38. The van der Waals surface area contributed by atoms with Gasteiger partial charge in [-0.3, -0.25) is 4.98 Å². The Morgan fingerprint density at radius 2 is 2.14 bits per heavy atom. The van der Waals surface area contributed by atoms with E-state index in [9.17, 15) is 0 Å². The minimum Gasteiger partial charge on any atom is -0.376 e. The van der Waals surface area contributed by atoms with Crippen molar-refractivity contribution in [3.63, 3.8) is 0 Å². The smallest absolute Gasteiger partial charge is 0.131 e. The van der Waals surface area contributed by atoms with Crippen LogP contribution in [0.25, 0.3) is 11.0 Å². The fourth-order valence-corrected chi connectivity index (χ4v) is 4.13. The van der Waals surface area contributed by atoms with E-state index in [1.807, 2.05) is 6.20 Å². The lowest BCUT2D eigenvalue weighted by Crippen LogP contribution is -2.50. The molecule has 6 nitrogen and oxygen atoms in total. The Morgan fingerprint density at radius 3 is 2.86 bits per heavy atom. The Labute approximate surface area is 127 Å². The number of piperidine rings is 1. The van der Waals surface area contributed by atoms with E-state index >= 15 is 0 Å². The highest BCUT2D eigenvalue weighted by Gasteiger charge is 2.47. The summed E-state index contributed by atoms with van der Waals surface area (Å²) < 4.78 is 14.5. The molecule has 112 valence electrons. The van der Waals surface area contributed by atoms with Gasteiger partial charge in [0, 0.05) is 24.5 Å². The molecule has 0 bridgehead atoms. The lowest BCUT2D eigenvalue weighted by molar-refractivity contribution is 0.0974. The van der Waals surface area contributed by atoms with Gasteiger partial charge in [-0.2, -0.15) is 8.75 Å². The maximum absolute atomic E-state index is 6.37. The zero-order valence-electron chi connectivity index (χ0n) is 12.0. The van der Waals surface area contributed by atoms with Gasteiger partial charge in [-0.25, -0.2) is 0 Å². The van der Waals surface area contributed by atoms with Gasteiger partial charge in [-0.1, -0.05) is 0 Å². The number of anilines is 1. The van der Waals surface area contributed by atoms with Gasteiger partial charge in [0.1, 0.15) is 11.0 Å². The Kier molecular flexibility index (Phi) is 3.09. The molecule has 0 saturated carbocycles. The minimum atomic E-state index is 0.148. The summed E-state index contributed by atoms with van der Waals surface area (Å²) in [4.78, 5) is 6.65. The van der Waals surface area contributed by atoms with Crippen molar-refractivity contribution in [1.29, 1.82) is 0 Å². The summed E-state index contributed by atoms with van der Waals surface area (Å²) in [6.45, 7) is 4.82. The fraction of sp³-hybridized carbons (Fsp3) is 0.643. The largest absolute Gasteiger partial charge is 0.376 e. The molecule has 2 aromatic heterocycles. The molecule has 2 atom stereocenters. The monoisotopic (exact) mass is 305 g/mol. The van der Waals surface area contributed by atoms with Gasteiger partial charge in [0.25, 0.3) is 0 Å². The van der Waals surface area contributed by atoms with Crippen LogP contribution in [-0.4, -0.2) is 45.6 Å². The van der Waals surface area contributed by atoms with E-state index in [-0.39, 0.29) is 17.6 Å². The molecule has 0 aromatic carbocycles. The molecule has 4 heterocycles. The average Bonchev–Trinajstić information content (AvgIpc) is 3.09. The zero-order valence-corrected chi connectivity index (χ0v) is 12.8. The van der Waals surface area contributed by atoms with Crippen molar-refractivity contribution < 1.29 is 4.74 Å². The number of aromatic nitrogens is 3. The van der Waals surface area contributed by atoms with E-state index in [0.717, 1.165) is 49.3 Å². The standard InChI is InChI=1S/C14H19N5OS/c1-9-13(15)14(8-20-9)2-4-19(5-3-14)11-7-16-6-10-12(11)18-21-17-10/h6-7,9,13H,2-5,8,15H2,1H3/t9-,13+/m0/s1. The molecule has 0 unspecified atom stereocenters. The molecule has 1 spiro atoms. The van der Waals surface area contributed by atoms with E-state index in [1.165, 1.54) is 11.7 Å². The first-order chi connectivity index (χ1) is 10.2. The fourth-order valence-electron chi connectivity index (χ4n) is 3.59. The second-order valence-corrected chi connectivity index (χ2v) is 6.71. The lowest BCUT2D eigenvalue weighted by atomic mass is 9.73. The van der Waals surface area contributed by atoms with Gasteiger partial charge in [-0.15, -0.1) is 0 Å². The van der Waals surface area contributed by atoms with E-state index in [4.69, 9.17) is 10.5 Å². The van der Waals surface area contributed by atoms with Crippen molar-refractivity contribution in [3.05, 3.63) is 12.4 Å². The predicted molar refractivity (Wildman–Crippen MR) is 82.5 cm³/mol. The number of fused-ring (bicyclic) bond motifs is 1. The molecule has 2 aromatic rings. The molecule has 0 amide bonds. The molecule has 2 aliphatic rings. The van der Waals surface area contributed by atoms with Gasteiger partial charge < -0.3 is 15.4 Å². The molecule has 21 heavy (non-hydrogen) atoms. The van der Waals surface area contributed by atoms with Crippen LogP contribution in [0.2, 0.25) is 0 Å². The van der Waals surface area contributed by atoms with Crippen LogP contribution in [0.15, 0.2) is 12.4 Å². The van der Waals surface area contributed by atoms with Gasteiger partial charge in [0.2, 0.25) is 0 Å². The molecule has 2 saturated heterocycles. The van der Waals surface area contributed by atoms with Crippen LogP contribution in [0, 0.1) is 5.41 Å². The predicted octanol–water partition coefficient (Wildman–Crippen LogP) is 1.42. The van der Waals surface area contributed by atoms with Gasteiger partial charge in [0.15, 0.2) is 0 Å². The summed E-state index contributed by atoms with van der Waals surface area (Å²) in [6, 6.07) is 0.148. The molecular formula is C14H19N5OS. The molecule has 2 fully saturated rings. The summed E-state index contributed by atoms with van der Waals surface area (Å²) in [5.74, 6) is 0. The molecule has 2 N–H and O–H groups in total. The highest BCUT2D eigenvalue weighted by atomic mass is 32.1. The van der Waals surface area contributed by atoms with Crippen LogP contribution < -0.4 is 10.6 Å². The molecule has 2 aliphatic heterocycles. The Morgan fingerprint density at radius 1 is 1.33 bits per heavy atom. The topological polar surface area (TPSA) is 77.2 Å². The first kappa shape index (κ1) is 13.4. The Bertz CT molecular complexity index is 652. The SMILES string of the molecule is C[C@@H]1OCC2(CCN(c3cncc4nsnc34)CC2)[C@@H]1N. The molecule has 0 aliphatic carbocycles. The van der Waals surface area contributed by atoms with E-state index < -0.39 is 0 Å². The maximum Gasteiger partial charge on any atom is 0.131 e. The first-order valence-corrected chi connectivity index (χ1v) is 8.11.